The van der Waals surface area contributed by atoms with Crippen molar-refractivity contribution in [1.29, 1.82) is 0 Å². The van der Waals surface area contributed by atoms with Crippen LogP contribution in [0.1, 0.15) is 23.1 Å². The Morgan fingerprint density at radius 3 is 2.38 bits per heavy atom. The molecule has 0 radical (unpaired) electrons. The minimum absolute atomic E-state index is 0.0238. The van der Waals surface area contributed by atoms with Gasteiger partial charge in [-0.1, -0.05) is 47.5 Å². The molecule has 0 aliphatic rings. The fourth-order valence-electron chi connectivity index (χ4n) is 2.39. The Kier molecular flexibility index (Phi) is 6.15. The average molecular weight is 345 g/mol. The number of nitrogens with one attached hydrogen (secondary N) is 1. The lowest BCUT2D eigenvalue weighted by Crippen LogP contribution is -2.27. The summed E-state index contributed by atoms with van der Waals surface area (Å²) >= 11 is 0. The third kappa shape index (κ3) is 5.49. The van der Waals surface area contributed by atoms with Gasteiger partial charge in [0.05, 0.1) is 10.6 Å². The molecule has 0 aliphatic carbocycles. The number of rotatable bonds is 7. The monoisotopic (exact) mass is 345 g/mol. The predicted molar refractivity (Wildman–Crippen MR) is 95.7 cm³/mol. The second kappa shape index (κ2) is 8.11. The fraction of sp³-hybridized carbons (Fsp3) is 0.316. The zero-order valence-electron chi connectivity index (χ0n) is 14.1. The first-order chi connectivity index (χ1) is 11.4. The predicted octanol–water partition coefficient (Wildman–Crippen LogP) is 2.83. The Morgan fingerprint density at radius 2 is 1.71 bits per heavy atom. The Bertz CT molecular complexity index is 796. The van der Waals surface area contributed by atoms with E-state index in [0.29, 0.717) is 6.54 Å². The summed E-state index contributed by atoms with van der Waals surface area (Å²) in [7, 11) is -3.42. The highest BCUT2D eigenvalue weighted by atomic mass is 32.2. The van der Waals surface area contributed by atoms with Crippen LogP contribution in [0.2, 0.25) is 0 Å². The molecule has 2 aromatic carbocycles. The van der Waals surface area contributed by atoms with Gasteiger partial charge < -0.3 is 5.32 Å². The van der Waals surface area contributed by atoms with Crippen LogP contribution in [0.5, 0.6) is 0 Å². The summed E-state index contributed by atoms with van der Waals surface area (Å²) in [5.41, 5.74) is 3.34. The van der Waals surface area contributed by atoms with Crippen molar-refractivity contribution in [1.82, 2.24) is 5.32 Å². The van der Waals surface area contributed by atoms with Crippen molar-refractivity contribution < 1.29 is 13.2 Å². The molecule has 0 aromatic heterocycles. The zero-order valence-corrected chi connectivity index (χ0v) is 14.9. The highest BCUT2D eigenvalue weighted by Crippen LogP contribution is 2.13. The number of carbonyl (C=O) groups is 1. The first-order valence-electron chi connectivity index (χ1n) is 7.98. The number of sulfone groups is 1. The van der Waals surface area contributed by atoms with Crippen LogP contribution in [-0.2, 0) is 21.1 Å². The number of hydrogen-bond donors (Lipinski definition) is 1. The van der Waals surface area contributed by atoms with E-state index in [-0.39, 0.29) is 23.0 Å². The molecule has 2 aromatic rings. The van der Waals surface area contributed by atoms with Gasteiger partial charge in [-0.15, -0.1) is 0 Å². The molecule has 2 rings (SSSR count). The quantitative estimate of drug-likeness (QED) is 0.839. The van der Waals surface area contributed by atoms with Gasteiger partial charge in [-0.3, -0.25) is 4.79 Å². The minimum Gasteiger partial charge on any atom is -0.356 e. The highest BCUT2D eigenvalue weighted by molar-refractivity contribution is 7.91. The maximum Gasteiger partial charge on any atom is 0.221 e. The number of carbonyl (C=O) groups excluding carboxylic acids is 1. The molecule has 128 valence electrons. The van der Waals surface area contributed by atoms with Crippen LogP contribution in [0, 0.1) is 13.8 Å². The summed E-state index contributed by atoms with van der Waals surface area (Å²) in [6, 6.07) is 14.8. The molecule has 0 saturated carbocycles. The van der Waals surface area contributed by atoms with Crippen LogP contribution >= 0.6 is 0 Å². The van der Waals surface area contributed by atoms with Crippen molar-refractivity contribution in [2.75, 3.05) is 12.3 Å². The van der Waals surface area contributed by atoms with Crippen LogP contribution in [0.25, 0.3) is 0 Å². The maximum absolute atomic E-state index is 12.2. The van der Waals surface area contributed by atoms with Crippen LogP contribution in [0.15, 0.2) is 53.4 Å². The first-order valence-corrected chi connectivity index (χ1v) is 9.64. The standard InChI is InChI=1S/C19H23NO3S/c1-15-6-8-18(9-7-15)24(22,23)13-11-19(21)20-12-10-17-5-3-4-16(2)14-17/h3-9,14H,10-13H2,1-2H3,(H,20,21). The van der Waals surface area contributed by atoms with E-state index < -0.39 is 9.84 Å². The molecule has 0 bridgehead atoms. The second-order valence-corrected chi connectivity index (χ2v) is 8.08. The fourth-order valence-corrected chi connectivity index (χ4v) is 3.63. The number of hydrogen-bond acceptors (Lipinski definition) is 3. The average Bonchev–Trinajstić information content (AvgIpc) is 2.54. The van der Waals surface area contributed by atoms with E-state index in [0.717, 1.165) is 17.5 Å². The topological polar surface area (TPSA) is 63.2 Å². The van der Waals surface area contributed by atoms with Gasteiger partial charge in [0.2, 0.25) is 5.91 Å². The van der Waals surface area contributed by atoms with E-state index in [2.05, 4.69) is 11.4 Å². The lowest BCUT2D eigenvalue weighted by molar-refractivity contribution is -0.120. The Balaban J connectivity index is 1.79. The van der Waals surface area contributed by atoms with E-state index in [4.69, 9.17) is 0 Å². The van der Waals surface area contributed by atoms with E-state index in [9.17, 15) is 13.2 Å². The van der Waals surface area contributed by atoms with Crippen molar-refractivity contribution in [2.24, 2.45) is 0 Å². The summed E-state index contributed by atoms with van der Waals surface area (Å²) in [6.45, 7) is 4.43. The molecule has 0 atom stereocenters. The van der Waals surface area contributed by atoms with Crippen molar-refractivity contribution in [2.45, 2.75) is 31.6 Å². The van der Waals surface area contributed by atoms with Crippen LogP contribution in [-0.4, -0.2) is 26.6 Å². The number of aryl methyl sites for hydroxylation is 2. The van der Waals surface area contributed by atoms with E-state index in [1.54, 1.807) is 24.3 Å². The summed E-state index contributed by atoms with van der Waals surface area (Å²) in [6.07, 6.45) is 0.710. The molecule has 1 amide bonds. The minimum atomic E-state index is -3.42. The molecule has 0 saturated heterocycles. The summed E-state index contributed by atoms with van der Waals surface area (Å²) < 4.78 is 24.4. The molecule has 4 nitrogen and oxygen atoms in total. The van der Waals surface area contributed by atoms with E-state index in [1.807, 2.05) is 32.0 Å². The van der Waals surface area contributed by atoms with Gasteiger partial charge in [-0.25, -0.2) is 8.42 Å². The van der Waals surface area contributed by atoms with Crippen LogP contribution in [0.4, 0.5) is 0 Å². The largest absolute Gasteiger partial charge is 0.356 e. The lowest BCUT2D eigenvalue weighted by Gasteiger charge is -2.07. The third-order valence-electron chi connectivity index (χ3n) is 3.80. The van der Waals surface area contributed by atoms with Gasteiger partial charge in [0.25, 0.3) is 0 Å². The molecule has 1 N–H and O–H groups in total. The van der Waals surface area contributed by atoms with Gasteiger partial charge >= 0.3 is 0 Å². The zero-order chi connectivity index (χ0) is 17.6. The molecule has 24 heavy (non-hydrogen) atoms. The molecule has 0 fully saturated rings. The second-order valence-electron chi connectivity index (χ2n) is 5.97. The molecular weight excluding hydrogens is 322 g/mol. The van der Waals surface area contributed by atoms with Crippen molar-refractivity contribution in [3.8, 4) is 0 Å². The Labute approximate surface area is 143 Å². The summed E-state index contributed by atoms with van der Waals surface area (Å²) in [5, 5.41) is 2.78. The smallest absolute Gasteiger partial charge is 0.221 e. The first kappa shape index (κ1) is 18.2. The van der Waals surface area contributed by atoms with Gasteiger partial charge in [0.1, 0.15) is 0 Å². The van der Waals surface area contributed by atoms with Gasteiger partial charge in [0.15, 0.2) is 9.84 Å². The third-order valence-corrected chi connectivity index (χ3v) is 5.53. The number of benzene rings is 2. The molecule has 0 spiro atoms. The normalized spacial score (nSPS) is 11.2. The van der Waals surface area contributed by atoms with Crippen LogP contribution < -0.4 is 5.32 Å². The highest BCUT2D eigenvalue weighted by Gasteiger charge is 2.16. The van der Waals surface area contributed by atoms with Gasteiger partial charge in [-0.05, 0) is 38.0 Å². The molecular formula is C19H23NO3S. The molecule has 0 unspecified atom stereocenters. The van der Waals surface area contributed by atoms with Gasteiger partial charge in [-0.2, -0.15) is 0 Å². The van der Waals surface area contributed by atoms with Gasteiger partial charge in [0, 0.05) is 13.0 Å². The summed E-state index contributed by atoms with van der Waals surface area (Å²) in [5.74, 6) is -0.412. The van der Waals surface area contributed by atoms with Crippen molar-refractivity contribution >= 4 is 15.7 Å². The maximum atomic E-state index is 12.2. The number of amides is 1. The molecule has 0 aliphatic heterocycles. The Morgan fingerprint density at radius 1 is 1.00 bits per heavy atom. The molecule has 5 heteroatoms. The van der Waals surface area contributed by atoms with E-state index in [1.165, 1.54) is 5.56 Å². The van der Waals surface area contributed by atoms with Crippen molar-refractivity contribution in [3.63, 3.8) is 0 Å². The lowest BCUT2D eigenvalue weighted by atomic mass is 10.1. The summed E-state index contributed by atoms with van der Waals surface area (Å²) in [4.78, 5) is 12.1. The SMILES string of the molecule is Cc1ccc(S(=O)(=O)CCC(=O)NCCc2cccc(C)c2)cc1. The van der Waals surface area contributed by atoms with Crippen molar-refractivity contribution in [3.05, 3.63) is 65.2 Å². The van der Waals surface area contributed by atoms with E-state index >= 15 is 0 Å². The molecule has 0 heterocycles. The Hall–Kier alpha value is -2.14. The van der Waals surface area contributed by atoms with Crippen LogP contribution in [0.3, 0.4) is 0 Å².